The van der Waals surface area contributed by atoms with Gasteiger partial charge in [-0.15, -0.1) is 0 Å². The first-order chi connectivity index (χ1) is 17.6. The predicted molar refractivity (Wildman–Crippen MR) is 142 cm³/mol. The normalized spacial score (nSPS) is 22.8. The first-order valence-electron chi connectivity index (χ1n) is 12.7. The van der Waals surface area contributed by atoms with E-state index in [1.165, 1.54) is 16.5 Å². The maximum Gasteiger partial charge on any atom is 0.113 e. The second-order valence-electron chi connectivity index (χ2n) is 10.0. The highest BCUT2D eigenvalue weighted by Gasteiger charge is 2.27. The van der Waals surface area contributed by atoms with Crippen molar-refractivity contribution in [3.05, 3.63) is 60.7 Å². The molecular weight excluding hydrogens is 450 g/mol. The summed E-state index contributed by atoms with van der Waals surface area (Å²) in [6.07, 6.45) is 7.90. The number of nitrogens with one attached hydrogen (secondary N) is 1. The van der Waals surface area contributed by atoms with Crippen LogP contribution in [0.3, 0.4) is 0 Å². The Morgan fingerprint density at radius 3 is 2.67 bits per heavy atom. The van der Waals surface area contributed by atoms with Gasteiger partial charge in [-0.25, -0.2) is 0 Å². The van der Waals surface area contributed by atoms with Gasteiger partial charge in [-0.3, -0.25) is 9.97 Å². The molecule has 2 aliphatic rings. The number of piperazine rings is 1. The lowest BCUT2D eigenvalue weighted by atomic mass is 10.1. The summed E-state index contributed by atoms with van der Waals surface area (Å²) >= 11 is 0. The zero-order valence-electron chi connectivity index (χ0n) is 20.8. The van der Waals surface area contributed by atoms with Crippen molar-refractivity contribution in [2.75, 3.05) is 42.5 Å². The van der Waals surface area contributed by atoms with Crippen LogP contribution in [0.1, 0.15) is 19.4 Å². The van der Waals surface area contributed by atoms with E-state index in [1.807, 2.05) is 12.1 Å². The fraction of sp³-hybridized carbons (Fsp3) is 0.393. The smallest absolute Gasteiger partial charge is 0.113 e. The molecule has 2 fully saturated rings. The highest BCUT2D eigenvalue weighted by molar-refractivity contribution is 5.92. The Morgan fingerprint density at radius 2 is 1.83 bits per heavy atom. The van der Waals surface area contributed by atoms with Crippen LogP contribution in [0.15, 0.2) is 55.1 Å². The van der Waals surface area contributed by atoms with Gasteiger partial charge in [-0.2, -0.15) is 5.26 Å². The van der Waals surface area contributed by atoms with E-state index in [0.29, 0.717) is 17.1 Å². The molecule has 2 aromatic carbocycles. The van der Waals surface area contributed by atoms with Crippen molar-refractivity contribution in [3.8, 4) is 6.07 Å². The average Bonchev–Trinajstić information content (AvgIpc) is 3.29. The Balaban J connectivity index is 1.23. The van der Waals surface area contributed by atoms with E-state index in [2.05, 4.69) is 80.2 Å². The van der Waals surface area contributed by atoms with Crippen LogP contribution < -0.4 is 15.1 Å². The summed E-state index contributed by atoms with van der Waals surface area (Å²) in [5.74, 6) is 0. The Bertz CT molecular complexity index is 1440. The molecule has 6 rings (SSSR count). The molecule has 184 valence electrons. The molecule has 0 radical (unpaired) electrons. The van der Waals surface area contributed by atoms with Crippen LogP contribution in [-0.2, 0) is 11.3 Å². The van der Waals surface area contributed by atoms with Crippen LogP contribution in [0.2, 0.25) is 0 Å². The van der Waals surface area contributed by atoms with E-state index in [9.17, 15) is 5.26 Å². The molecule has 4 aromatic rings. The van der Waals surface area contributed by atoms with Crippen LogP contribution in [0, 0.1) is 11.3 Å². The highest BCUT2D eigenvalue weighted by atomic mass is 16.5. The van der Waals surface area contributed by atoms with E-state index in [4.69, 9.17) is 4.74 Å². The number of anilines is 2. The largest absolute Gasteiger partial charge is 0.370 e. The van der Waals surface area contributed by atoms with Crippen molar-refractivity contribution in [2.24, 2.45) is 0 Å². The van der Waals surface area contributed by atoms with Gasteiger partial charge in [-0.1, -0.05) is 6.07 Å². The first kappa shape index (κ1) is 22.8. The zero-order chi connectivity index (χ0) is 24.6. The molecule has 0 unspecified atom stereocenters. The zero-order valence-corrected chi connectivity index (χ0v) is 20.8. The second-order valence-corrected chi connectivity index (χ2v) is 10.0. The quantitative estimate of drug-likeness (QED) is 0.477. The maximum absolute atomic E-state index is 9.49. The molecule has 2 saturated heterocycles. The number of nitriles is 1. The minimum atomic E-state index is 0.0337. The van der Waals surface area contributed by atoms with Crippen LogP contribution in [0.4, 0.5) is 11.4 Å². The Morgan fingerprint density at radius 1 is 1.00 bits per heavy atom. The number of hydrogen-bond donors (Lipinski definition) is 1. The summed E-state index contributed by atoms with van der Waals surface area (Å²) < 4.78 is 8.62. The molecule has 8 heteroatoms. The van der Waals surface area contributed by atoms with E-state index < -0.39 is 0 Å². The fourth-order valence-electron chi connectivity index (χ4n) is 5.62. The van der Waals surface area contributed by atoms with Gasteiger partial charge in [0.2, 0.25) is 0 Å². The van der Waals surface area contributed by atoms with Gasteiger partial charge in [-0.05, 0) is 43.5 Å². The van der Waals surface area contributed by atoms with Crippen molar-refractivity contribution in [1.29, 1.82) is 5.26 Å². The summed E-state index contributed by atoms with van der Waals surface area (Å²) in [5.41, 5.74) is 4.26. The number of rotatable bonds is 4. The van der Waals surface area contributed by atoms with Crippen molar-refractivity contribution < 1.29 is 4.74 Å². The third-order valence-electron chi connectivity index (χ3n) is 7.22. The molecule has 4 heterocycles. The van der Waals surface area contributed by atoms with E-state index in [0.717, 1.165) is 50.5 Å². The van der Waals surface area contributed by atoms with Crippen LogP contribution >= 0.6 is 0 Å². The molecule has 0 bridgehead atoms. The Labute approximate surface area is 211 Å². The number of fused-ring (bicyclic) bond motifs is 2. The summed E-state index contributed by atoms with van der Waals surface area (Å²) in [6, 6.07) is 13.4. The van der Waals surface area contributed by atoms with Crippen molar-refractivity contribution in [3.63, 3.8) is 0 Å². The SMILES string of the molecule is C[C@@H]1CN(c2ccc3cn(C[C@H]4CN(c5ccc(C#N)c6nccnc56)C[C@@H](C)O4)cc3c2)CCN1. The minimum Gasteiger partial charge on any atom is -0.370 e. The summed E-state index contributed by atoms with van der Waals surface area (Å²) in [6.45, 7) is 9.74. The lowest BCUT2D eigenvalue weighted by Gasteiger charge is -2.38. The summed E-state index contributed by atoms with van der Waals surface area (Å²) in [7, 11) is 0. The van der Waals surface area contributed by atoms with Gasteiger partial charge >= 0.3 is 0 Å². The number of morpholine rings is 1. The molecule has 0 aliphatic carbocycles. The number of ether oxygens (including phenoxy) is 1. The van der Waals surface area contributed by atoms with E-state index in [-0.39, 0.29) is 12.2 Å². The summed E-state index contributed by atoms with van der Waals surface area (Å²) in [4.78, 5) is 13.8. The molecule has 3 atom stereocenters. The Kier molecular flexibility index (Phi) is 5.96. The van der Waals surface area contributed by atoms with Crippen LogP contribution in [0.25, 0.3) is 21.8 Å². The van der Waals surface area contributed by atoms with Crippen molar-refractivity contribution >= 4 is 33.2 Å². The minimum absolute atomic E-state index is 0.0337. The summed E-state index contributed by atoms with van der Waals surface area (Å²) in [5, 5.41) is 15.5. The lowest BCUT2D eigenvalue weighted by Crippen LogP contribution is -2.49. The van der Waals surface area contributed by atoms with Crippen molar-refractivity contribution in [1.82, 2.24) is 19.9 Å². The van der Waals surface area contributed by atoms with Gasteiger partial charge in [0, 0.05) is 74.6 Å². The number of benzene rings is 2. The third kappa shape index (κ3) is 4.36. The molecule has 8 nitrogen and oxygen atoms in total. The van der Waals surface area contributed by atoms with Crippen molar-refractivity contribution in [2.45, 2.75) is 38.6 Å². The topological polar surface area (TPSA) is 82.2 Å². The number of hydrogen-bond acceptors (Lipinski definition) is 7. The van der Waals surface area contributed by atoms with Gasteiger partial charge in [0.1, 0.15) is 17.1 Å². The predicted octanol–water partition coefficient (Wildman–Crippen LogP) is 3.55. The average molecular weight is 482 g/mol. The molecule has 36 heavy (non-hydrogen) atoms. The fourth-order valence-corrected chi connectivity index (χ4v) is 5.62. The molecule has 0 spiro atoms. The maximum atomic E-state index is 9.49. The van der Waals surface area contributed by atoms with E-state index >= 15 is 0 Å². The Hall–Kier alpha value is -3.67. The lowest BCUT2D eigenvalue weighted by molar-refractivity contribution is -0.0238. The number of aromatic nitrogens is 3. The molecule has 2 aromatic heterocycles. The molecule has 2 aliphatic heterocycles. The van der Waals surface area contributed by atoms with Gasteiger partial charge < -0.3 is 24.4 Å². The molecule has 1 N–H and O–H groups in total. The molecule has 0 amide bonds. The van der Waals surface area contributed by atoms with E-state index in [1.54, 1.807) is 12.4 Å². The monoisotopic (exact) mass is 481 g/mol. The van der Waals surface area contributed by atoms with Gasteiger partial charge in [0.15, 0.2) is 0 Å². The number of nitrogens with zero attached hydrogens (tertiary/aromatic N) is 6. The van der Waals surface area contributed by atoms with Crippen LogP contribution in [0.5, 0.6) is 0 Å². The highest BCUT2D eigenvalue weighted by Crippen LogP contribution is 2.30. The van der Waals surface area contributed by atoms with Gasteiger partial charge in [0.25, 0.3) is 0 Å². The molecular formula is C28H31N7O. The second kappa shape index (κ2) is 9.41. The molecule has 0 saturated carbocycles. The standard InChI is InChI=1S/C28H31N7O/c1-19-13-34(10-9-30-19)24-5-3-22-15-33(16-23(22)11-24)17-25-18-35(14-20(2)36-25)26-6-4-21(12-29)27-28(26)32-8-7-31-27/h3-8,11,15-16,19-20,25,30H,9-10,13-14,17-18H2,1-2H3/t19-,20-,25+/m1/s1. The van der Waals surface area contributed by atoms with Crippen LogP contribution in [-0.4, -0.2) is 65.5 Å². The third-order valence-corrected chi connectivity index (χ3v) is 7.22. The first-order valence-corrected chi connectivity index (χ1v) is 12.7. The van der Waals surface area contributed by atoms with Gasteiger partial charge in [0.05, 0.1) is 30.0 Å².